The maximum absolute atomic E-state index is 13.0. The quantitative estimate of drug-likeness (QED) is 0.593. The molecule has 1 aliphatic carbocycles. The van der Waals surface area contributed by atoms with E-state index in [1.165, 1.54) is 18.9 Å². The summed E-state index contributed by atoms with van der Waals surface area (Å²) in [5, 5.41) is 0. The average molecular weight is 320 g/mol. The highest BCUT2D eigenvalue weighted by Gasteiger charge is 2.23. The van der Waals surface area contributed by atoms with Crippen LogP contribution in [0.5, 0.6) is 0 Å². The first-order valence-electron chi connectivity index (χ1n) is 5.22. The Morgan fingerprint density at radius 3 is 2.87 bits per heavy atom. The molecule has 15 heavy (non-hydrogen) atoms. The number of ether oxygens (including phenoxy) is 1. The highest BCUT2D eigenvalue weighted by Crippen LogP contribution is 2.31. The molecular weight excluding hydrogens is 306 g/mol. The summed E-state index contributed by atoms with van der Waals surface area (Å²) in [6, 6.07) is 6.70. The van der Waals surface area contributed by atoms with Gasteiger partial charge in [-0.1, -0.05) is 34.7 Å². The summed E-state index contributed by atoms with van der Waals surface area (Å²) < 4.78 is 19.7. The maximum Gasteiger partial charge on any atom is 0.123 e. The van der Waals surface area contributed by atoms with Gasteiger partial charge in [-0.05, 0) is 36.5 Å². The molecule has 1 aromatic carbocycles. The van der Waals surface area contributed by atoms with E-state index in [1.807, 2.05) is 6.07 Å². The summed E-state index contributed by atoms with van der Waals surface area (Å²) in [7, 11) is 0. The van der Waals surface area contributed by atoms with Gasteiger partial charge in [0.15, 0.2) is 0 Å². The standard InChI is InChI=1S/C12H14FIO/c13-11-3-1-2-10(6-11)12(7-14)15-8-9-4-5-9/h1-3,6,9,12H,4-5,7-8H2. The minimum absolute atomic E-state index is 0.0434. The molecule has 1 nitrogen and oxygen atoms in total. The summed E-state index contributed by atoms with van der Waals surface area (Å²) in [5.41, 5.74) is 0.949. The number of alkyl halides is 1. The Morgan fingerprint density at radius 1 is 1.47 bits per heavy atom. The Labute approximate surface area is 103 Å². The van der Waals surface area contributed by atoms with Gasteiger partial charge in [0.1, 0.15) is 5.82 Å². The Morgan fingerprint density at radius 2 is 2.27 bits per heavy atom. The maximum atomic E-state index is 13.0. The summed E-state index contributed by atoms with van der Waals surface area (Å²) in [6.07, 6.45) is 2.62. The zero-order chi connectivity index (χ0) is 10.7. The molecule has 1 fully saturated rings. The molecule has 2 rings (SSSR count). The fourth-order valence-corrected chi connectivity index (χ4v) is 2.24. The van der Waals surface area contributed by atoms with E-state index in [0.717, 1.165) is 22.5 Å². The largest absolute Gasteiger partial charge is 0.372 e. The lowest BCUT2D eigenvalue weighted by molar-refractivity contribution is 0.0628. The van der Waals surface area contributed by atoms with Crippen LogP contribution in [0.15, 0.2) is 24.3 Å². The third-order valence-electron chi connectivity index (χ3n) is 2.59. The van der Waals surface area contributed by atoms with Gasteiger partial charge in [-0.3, -0.25) is 0 Å². The minimum Gasteiger partial charge on any atom is -0.372 e. The lowest BCUT2D eigenvalue weighted by atomic mass is 10.1. The van der Waals surface area contributed by atoms with Gasteiger partial charge in [-0.15, -0.1) is 0 Å². The third kappa shape index (κ3) is 3.41. The van der Waals surface area contributed by atoms with Gasteiger partial charge in [-0.2, -0.15) is 0 Å². The smallest absolute Gasteiger partial charge is 0.123 e. The molecule has 0 amide bonds. The van der Waals surface area contributed by atoms with E-state index in [1.54, 1.807) is 12.1 Å². The van der Waals surface area contributed by atoms with Gasteiger partial charge < -0.3 is 4.74 Å². The van der Waals surface area contributed by atoms with Crippen LogP contribution in [-0.4, -0.2) is 11.0 Å². The van der Waals surface area contributed by atoms with Crippen molar-refractivity contribution in [2.45, 2.75) is 18.9 Å². The van der Waals surface area contributed by atoms with Gasteiger partial charge >= 0.3 is 0 Å². The van der Waals surface area contributed by atoms with Crippen LogP contribution in [0.2, 0.25) is 0 Å². The molecule has 0 radical (unpaired) electrons. The monoisotopic (exact) mass is 320 g/mol. The molecule has 0 aliphatic heterocycles. The summed E-state index contributed by atoms with van der Waals surface area (Å²) in [5.74, 6) is 0.571. The predicted octanol–water partition coefficient (Wildman–Crippen LogP) is 3.73. The van der Waals surface area contributed by atoms with Crippen molar-refractivity contribution in [3.05, 3.63) is 35.6 Å². The molecule has 0 heterocycles. The zero-order valence-corrected chi connectivity index (χ0v) is 10.6. The second-order valence-corrected chi connectivity index (χ2v) is 4.86. The van der Waals surface area contributed by atoms with Crippen LogP contribution < -0.4 is 0 Å². The van der Waals surface area contributed by atoms with Crippen molar-refractivity contribution in [2.75, 3.05) is 11.0 Å². The van der Waals surface area contributed by atoms with Gasteiger partial charge in [-0.25, -0.2) is 4.39 Å². The molecule has 1 aromatic rings. The second kappa shape index (κ2) is 5.25. The molecular formula is C12H14FIO. The Hall–Kier alpha value is -0.160. The van der Waals surface area contributed by atoms with Crippen LogP contribution in [0.25, 0.3) is 0 Å². The number of rotatable bonds is 5. The first-order valence-corrected chi connectivity index (χ1v) is 6.75. The van der Waals surface area contributed by atoms with E-state index < -0.39 is 0 Å². The van der Waals surface area contributed by atoms with E-state index in [-0.39, 0.29) is 11.9 Å². The fourth-order valence-electron chi connectivity index (χ4n) is 1.47. The number of hydrogen-bond donors (Lipinski definition) is 0. The van der Waals surface area contributed by atoms with Gasteiger partial charge in [0, 0.05) is 4.43 Å². The molecule has 0 aromatic heterocycles. The van der Waals surface area contributed by atoms with Gasteiger partial charge in [0.05, 0.1) is 12.7 Å². The summed E-state index contributed by atoms with van der Waals surface area (Å²) in [6.45, 7) is 0.824. The van der Waals surface area contributed by atoms with Crippen LogP contribution in [0.4, 0.5) is 4.39 Å². The Balaban J connectivity index is 1.97. The Kier molecular flexibility index (Phi) is 3.97. The number of hydrogen-bond acceptors (Lipinski definition) is 1. The normalized spacial score (nSPS) is 17.7. The molecule has 1 aliphatic rings. The highest BCUT2D eigenvalue weighted by molar-refractivity contribution is 14.1. The average Bonchev–Trinajstić information content (AvgIpc) is 3.03. The highest BCUT2D eigenvalue weighted by atomic mass is 127. The van der Waals surface area contributed by atoms with Crippen LogP contribution >= 0.6 is 22.6 Å². The van der Waals surface area contributed by atoms with Gasteiger partial charge in [0.25, 0.3) is 0 Å². The molecule has 1 saturated carbocycles. The van der Waals surface area contributed by atoms with E-state index >= 15 is 0 Å². The van der Waals surface area contributed by atoms with E-state index in [2.05, 4.69) is 22.6 Å². The van der Waals surface area contributed by atoms with Crippen LogP contribution in [-0.2, 0) is 4.74 Å². The van der Waals surface area contributed by atoms with Crippen molar-refractivity contribution < 1.29 is 9.13 Å². The molecule has 1 unspecified atom stereocenters. The van der Waals surface area contributed by atoms with Crippen molar-refractivity contribution in [3.63, 3.8) is 0 Å². The van der Waals surface area contributed by atoms with Crippen molar-refractivity contribution >= 4 is 22.6 Å². The van der Waals surface area contributed by atoms with E-state index in [4.69, 9.17) is 4.74 Å². The minimum atomic E-state index is -0.183. The molecule has 82 valence electrons. The molecule has 0 saturated heterocycles. The van der Waals surface area contributed by atoms with E-state index in [0.29, 0.717) is 0 Å². The lowest BCUT2D eigenvalue weighted by Crippen LogP contribution is -2.08. The fraction of sp³-hybridized carbons (Fsp3) is 0.500. The predicted molar refractivity (Wildman–Crippen MR) is 66.7 cm³/mol. The van der Waals surface area contributed by atoms with Crippen LogP contribution in [0, 0.1) is 11.7 Å². The number of benzene rings is 1. The zero-order valence-electron chi connectivity index (χ0n) is 8.46. The molecule has 0 N–H and O–H groups in total. The molecule has 3 heteroatoms. The lowest BCUT2D eigenvalue weighted by Gasteiger charge is -2.15. The van der Waals surface area contributed by atoms with Crippen LogP contribution in [0.1, 0.15) is 24.5 Å². The van der Waals surface area contributed by atoms with Crippen molar-refractivity contribution in [3.8, 4) is 0 Å². The van der Waals surface area contributed by atoms with Crippen molar-refractivity contribution in [1.29, 1.82) is 0 Å². The summed E-state index contributed by atoms with van der Waals surface area (Å²) >= 11 is 2.28. The first kappa shape index (κ1) is 11.3. The van der Waals surface area contributed by atoms with Gasteiger partial charge in [0.2, 0.25) is 0 Å². The van der Waals surface area contributed by atoms with Crippen molar-refractivity contribution in [2.24, 2.45) is 5.92 Å². The summed E-state index contributed by atoms with van der Waals surface area (Å²) in [4.78, 5) is 0. The number of halogens is 2. The van der Waals surface area contributed by atoms with Crippen molar-refractivity contribution in [1.82, 2.24) is 0 Å². The van der Waals surface area contributed by atoms with E-state index in [9.17, 15) is 4.39 Å². The topological polar surface area (TPSA) is 9.23 Å². The third-order valence-corrected chi connectivity index (χ3v) is 3.39. The molecule has 0 spiro atoms. The second-order valence-electron chi connectivity index (χ2n) is 3.97. The Bertz CT molecular complexity index is 325. The first-order chi connectivity index (χ1) is 7.29. The van der Waals surface area contributed by atoms with Crippen LogP contribution in [0.3, 0.4) is 0 Å². The molecule has 0 bridgehead atoms. The SMILES string of the molecule is Fc1cccc(C(CI)OCC2CC2)c1. The molecule has 1 atom stereocenters.